The Morgan fingerprint density at radius 1 is 1.53 bits per heavy atom. The van der Waals surface area contributed by atoms with E-state index in [1.165, 1.54) is 32.2 Å². The molecule has 0 saturated carbocycles. The number of halogens is 1. The summed E-state index contributed by atoms with van der Waals surface area (Å²) in [7, 11) is 2.22. The van der Waals surface area contributed by atoms with E-state index >= 15 is 0 Å². The second-order valence-electron chi connectivity index (χ2n) is 4.67. The third-order valence-corrected chi connectivity index (χ3v) is 3.94. The number of rotatable bonds is 7. The van der Waals surface area contributed by atoms with Crippen molar-refractivity contribution in [3.05, 3.63) is 0 Å². The van der Waals surface area contributed by atoms with Crippen molar-refractivity contribution in [1.29, 1.82) is 0 Å². The van der Waals surface area contributed by atoms with Crippen LogP contribution in [-0.2, 0) is 4.74 Å². The van der Waals surface area contributed by atoms with Crippen molar-refractivity contribution in [2.75, 3.05) is 32.1 Å². The molecule has 2 nitrogen and oxygen atoms in total. The van der Waals surface area contributed by atoms with Crippen molar-refractivity contribution in [3.8, 4) is 0 Å². The molecule has 3 heteroatoms. The van der Waals surface area contributed by atoms with Gasteiger partial charge in [0, 0.05) is 25.0 Å². The molecule has 2 atom stereocenters. The molecule has 0 bridgehead atoms. The lowest BCUT2D eigenvalue weighted by Gasteiger charge is -2.24. The Kier molecular flexibility index (Phi) is 6.86. The third kappa shape index (κ3) is 5.32. The van der Waals surface area contributed by atoms with E-state index in [4.69, 9.17) is 4.74 Å². The van der Waals surface area contributed by atoms with Gasteiger partial charge in [0.25, 0.3) is 0 Å². The molecule has 0 amide bonds. The summed E-state index contributed by atoms with van der Waals surface area (Å²) in [5.74, 6) is 0.793. The van der Waals surface area contributed by atoms with Gasteiger partial charge in [0.05, 0.1) is 6.10 Å². The van der Waals surface area contributed by atoms with Crippen LogP contribution in [0, 0.1) is 5.92 Å². The molecule has 0 aromatic rings. The van der Waals surface area contributed by atoms with E-state index < -0.39 is 0 Å². The summed E-state index contributed by atoms with van der Waals surface area (Å²) in [5.41, 5.74) is 0. The maximum Gasteiger partial charge on any atom is 0.0702 e. The highest BCUT2D eigenvalue weighted by molar-refractivity contribution is 9.09. The second kappa shape index (κ2) is 7.64. The smallest absolute Gasteiger partial charge is 0.0702 e. The number of nitrogens with zero attached hydrogens (tertiary/aromatic N) is 1. The maximum atomic E-state index is 5.65. The van der Waals surface area contributed by atoms with Gasteiger partial charge >= 0.3 is 0 Å². The van der Waals surface area contributed by atoms with Gasteiger partial charge in [-0.1, -0.05) is 29.3 Å². The van der Waals surface area contributed by atoms with Gasteiger partial charge in [0.2, 0.25) is 0 Å². The summed E-state index contributed by atoms with van der Waals surface area (Å²) in [6.07, 6.45) is 5.59. The van der Waals surface area contributed by atoms with Crippen molar-refractivity contribution in [3.63, 3.8) is 0 Å². The first-order chi connectivity index (χ1) is 7.26. The molecule has 0 aromatic carbocycles. The fraction of sp³-hybridized carbons (Fsp3) is 1.00. The van der Waals surface area contributed by atoms with Crippen LogP contribution in [0.2, 0.25) is 0 Å². The van der Waals surface area contributed by atoms with Gasteiger partial charge in [-0.2, -0.15) is 0 Å². The Hall–Kier alpha value is 0.400. The molecule has 15 heavy (non-hydrogen) atoms. The van der Waals surface area contributed by atoms with Gasteiger partial charge in [-0.25, -0.2) is 0 Å². The number of hydrogen-bond acceptors (Lipinski definition) is 2. The summed E-state index contributed by atoms with van der Waals surface area (Å²) in [6, 6.07) is 0. The molecular weight excluding hydrogens is 254 g/mol. The fourth-order valence-corrected chi connectivity index (χ4v) is 2.81. The molecular formula is C12H24BrNO. The average Bonchev–Trinajstić information content (AvgIpc) is 2.69. The Labute approximate surface area is 102 Å². The number of hydrogen-bond donors (Lipinski definition) is 0. The normalized spacial score (nSPS) is 23.6. The van der Waals surface area contributed by atoms with Crippen LogP contribution in [0.15, 0.2) is 0 Å². The molecule has 0 radical (unpaired) electrons. The monoisotopic (exact) mass is 277 g/mol. The van der Waals surface area contributed by atoms with Crippen LogP contribution in [0.1, 0.15) is 32.6 Å². The molecule has 90 valence electrons. The molecule has 0 aromatic heterocycles. The summed E-state index contributed by atoms with van der Waals surface area (Å²) >= 11 is 3.60. The zero-order valence-electron chi connectivity index (χ0n) is 10.0. The summed E-state index contributed by atoms with van der Waals surface area (Å²) in [5, 5.41) is 1.12. The van der Waals surface area contributed by atoms with Gasteiger partial charge in [-0.3, -0.25) is 0 Å². The van der Waals surface area contributed by atoms with E-state index in [0.29, 0.717) is 6.10 Å². The summed E-state index contributed by atoms with van der Waals surface area (Å²) in [4.78, 5) is 2.43. The molecule has 1 heterocycles. The summed E-state index contributed by atoms with van der Waals surface area (Å²) < 4.78 is 5.65. The number of likely N-dealkylation sites (N-methyl/N-ethyl adjacent to an activating group) is 1. The first-order valence-corrected chi connectivity index (χ1v) is 7.24. The molecule has 1 rings (SSSR count). The van der Waals surface area contributed by atoms with Crippen molar-refractivity contribution < 1.29 is 4.74 Å². The maximum absolute atomic E-state index is 5.65. The topological polar surface area (TPSA) is 12.5 Å². The number of ether oxygens (including phenoxy) is 1. The first-order valence-electron chi connectivity index (χ1n) is 6.12. The highest BCUT2D eigenvalue weighted by Crippen LogP contribution is 2.15. The van der Waals surface area contributed by atoms with Gasteiger partial charge < -0.3 is 9.64 Å². The first kappa shape index (κ1) is 13.5. The van der Waals surface area contributed by atoms with E-state index in [9.17, 15) is 0 Å². The highest BCUT2D eigenvalue weighted by Gasteiger charge is 2.18. The van der Waals surface area contributed by atoms with Gasteiger partial charge in [0.15, 0.2) is 0 Å². The van der Waals surface area contributed by atoms with Crippen molar-refractivity contribution >= 4 is 15.9 Å². The SMILES string of the molecule is CCCC(CBr)CN(C)CC1CCCO1. The Balaban J connectivity index is 2.17. The number of alkyl halides is 1. The molecule has 0 spiro atoms. The second-order valence-corrected chi connectivity index (χ2v) is 5.31. The Bertz CT molecular complexity index is 160. The van der Waals surface area contributed by atoms with Crippen LogP contribution in [0.25, 0.3) is 0 Å². The zero-order valence-corrected chi connectivity index (χ0v) is 11.6. The van der Waals surface area contributed by atoms with Crippen molar-refractivity contribution in [2.24, 2.45) is 5.92 Å². The molecule has 1 saturated heterocycles. The lowest BCUT2D eigenvalue weighted by atomic mass is 10.1. The molecule has 1 fully saturated rings. The minimum Gasteiger partial charge on any atom is -0.377 e. The molecule has 0 N–H and O–H groups in total. The van der Waals surface area contributed by atoms with Crippen LogP contribution in [0.5, 0.6) is 0 Å². The Morgan fingerprint density at radius 3 is 2.87 bits per heavy atom. The van der Waals surface area contributed by atoms with Crippen LogP contribution >= 0.6 is 15.9 Å². The van der Waals surface area contributed by atoms with E-state index in [1.54, 1.807) is 0 Å². The third-order valence-electron chi connectivity index (χ3n) is 3.02. The van der Waals surface area contributed by atoms with E-state index in [1.807, 2.05) is 0 Å². The van der Waals surface area contributed by atoms with Gasteiger partial charge in [0.1, 0.15) is 0 Å². The van der Waals surface area contributed by atoms with Gasteiger partial charge in [-0.05, 0) is 32.2 Å². The Morgan fingerprint density at radius 2 is 2.33 bits per heavy atom. The minimum absolute atomic E-state index is 0.493. The van der Waals surface area contributed by atoms with Gasteiger partial charge in [-0.15, -0.1) is 0 Å². The molecule has 1 aliphatic heterocycles. The predicted molar refractivity (Wildman–Crippen MR) is 68.7 cm³/mol. The summed E-state index contributed by atoms with van der Waals surface area (Å²) in [6.45, 7) is 5.53. The minimum atomic E-state index is 0.493. The predicted octanol–water partition coefficient (Wildman–Crippen LogP) is 2.91. The van der Waals surface area contributed by atoms with E-state index in [2.05, 4.69) is 34.8 Å². The van der Waals surface area contributed by atoms with E-state index in [0.717, 1.165) is 24.4 Å². The van der Waals surface area contributed by atoms with Crippen LogP contribution in [0.3, 0.4) is 0 Å². The quantitative estimate of drug-likeness (QED) is 0.664. The van der Waals surface area contributed by atoms with Crippen LogP contribution in [-0.4, -0.2) is 43.1 Å². The molecule has 0 aliphatic carbocycles. The van der Waals surface area contributed by atoms with Crippen LogP contribution in [0.4, 0.5) is 0 Å². The van der Waals surface area contributed by atoms with Crippen molar-refractivity contribution in [1.82, 2.24) is 4.90 Å². The molecule has 2 unspecified atom stereocenters. The zero-order chi connectivity index (χ0) is 11.1. The largest absolute Gasteiger partial charge is 0.377 e. The lowest BCUT2D eigenvalue weighted by molar-refractivity contribution is 0.0772. The molecule has 1 aliphatic rings. The standard InChI is InChI=1S/C12H24BrNO/c1-3-5-11(8-13)9-14(2)10-12-6-4-7-15-12/h11-12H,3-10H2,1-2H3. The van der Waals surface area contributed by atoms with Crippen LogP contribution < -0.4 is 0 Å². The lowest BCUT2D eigenvalue weighted by Crippen LogP contribution is -2.33. The van der Waals surface area contributed by atoms with Crippen molar-refractivity contribution in [2.45, 2.75) is 38.7 Å². The fourth-order valence-electron chi connectivity index (χ4n) is 2.28. The van der Waals surface area contributed by atoms with E-state index in [-0.39, 0.29) is 0 Å². The average molecular weight is 278 g/mol. The highest BCUT2D eigenvalue weighted by atomic mass is 79.9.